The Kier molecular flexibility index (Phi) is 5.62. The van der Waals surface area contributed by atoms with E-state index in [1.165, 1.54) is 30.2 Å². The molecule has 9 heteroatoms. The van der Waals surface area contributed by atoms with Crippen molar-refractivity contribution in [2.75, 3.05) is 26.7 Å². The lowest BCUT2D eigenvalue weighted by atomic mass is 9.97. The molecule has 1 aliphatic heterocycles. The van der Waals surface area contributed by atoms with Crippen LogP contribution < -0.4 is 0 Å². The molecule has 4 rings (SSSR count). The van der Waals surface area contributed by atoms with Crippen LogP contribution in [-0.4, -0.2) is 60.2 Å². The quantitative estimate of drug-likeness (QED) is 0.621. The van der Waals surface area contributed by atoms with Crippen molar-refractivity contribution in [2.45, 2.75) is 23.7 Å². The van der Waals surface area contributed by atoms with Crippen molar-refractivity contribution in [2.24, 2.45) is 0 Å². The summed E-state index contributed by atoms with van der Waals surface area (Å²) >= 11 is 1.72. The monoisotopic (exact) mass is 430 g/mol. The van der Waals surface area contributed by atoms with E-state index in [2.05, 4.69) is 11.1 Å². The summed E-state index contributed by atoms with van der Waals surface area (Å²) in [7, 11) is -2.30. The van der Waals surface area contributed by atoms with Gasteiger partial charge in [-0.15, -0.1) is 11.3 Å². The Bertz CT molecular complexity index is 1070. The smallest absolute Gasteiger partial charge is 0.244 e. The molecule has 3 aromatic rings. The van der Waals surface area contributed by atoms with Crippen molar-refractivity contribution in [3.63, 3.8) is 0 Å². The molecule has 1 fully saturated rings. The van der Waals surface area contributed by atoms with Crippen LogP contribution in [0, 0.1) is 0 Å². The van der Waals surface area contributed by atoms with Gasteiger partial charge in [-0.3, -0.25) is 9.78 Å². The number of piperidine rings is 1. The third-order valence-electron chi connectivity index (χ3n) is 5.21. The molecule has 0 spiro atoms. The van der Waals surface area contributed by atoms with E-state index < -0.39 is 10.0 Å². The first-order valence-corrected chi connectivity index (χ1v) is 11.7. The van der Waals surface area contributed by atoms with Crippen LogP contribution in [0.15, 0.2) is 53.7 Å². The minimum atomic E-state index is -3.73. The molecule has 0 radical (unpaired) electrons. The second-order valence-corrected chi connectivity index (χ2v) is 10.2. The molecule has 0 atom stereocenters. The average molecular weight is 431 g/mol. The molecule has 0 aliphatic carbocycles. The molecule has 7 nitrogen and oxygen atoms in total. The van der Waals surface area contributed by atoms with Gasteiger partial charge in [-0.2, -0.15) is 4.31 Å². The Balaban J connectivity index is 1.36. The number of sulfonamides is 1. The number of hydrogen-bond acceptors (Lipinski definition) is 6. The molecular weight excluding hydrogens is 408 g/mol. The number of carbonyl (C=O) groups is 1. The van der Waals surface area contributed by atoms with Crippen LogP contribution in [0.2, 0.25) is 0 Å². The van der Waals surface area contributed by atoms with Crippen molar-refractivity contribution in [3.8, 4) is 0 Å². The first kappa shape index (κ1) is 19.9. The fourth-order valence-electron chi connectivity index (χ4n) is 3.50. The predicted octanol–water partition coefficient (Wildman–Crippen LogP) is 2.72. The minimum Gasteiger partial charge on any atom is -0.342 e. The van der Waals surface area contributed by atoms with Crippen LogP contribution in [0.1, 0.15) is 23.8 Å². The molecule has 1 amide bonds. The fourth-order valence-corrected chi connectivity index (χ4v) is 5.72. The summed E-state index contributed by atoms with van der Waals surface area (Å²) in [5, 5.41) is 1.12. The fraction of sp³-hybridized carbons (Fsp3) is 0.350. The summed E-state index contributed by atoms with van der Waals surface area (Å²) in [5.74, 6) is 0.163. The highest BCUT2D eigenvalue weighted by Crippen LogP contribution is 2.33. The van der Waals surface area contributed by atoms with Gasteiger partial charge in [0.15, 0.2) is 0 Å². The SMILES string of the molecule is CN(CC(=O)N1CCC(c2nc3ccccc3s2)CC1)S(=O)(=O)c1cccnc1. The highest BCUT2D eigenvalue weighted by atomic mass is 32.2. The zero-order chi connectivity index (χ0) is 20.4. The van der Waals surface area contributed by atoms with E-state index in [1.54, 1.807) is 22.3 Å². The van der Waals surface area contributed by atoms with Crippen LogP contribution in [0.4, 0.5) is 0 Å². The number of benzene rings is 1. The Hall–Kier alpha value is -2.36. The molecule has 29 heavy (non-hydrogen) atoms. The molecule has 1 saturated heterocycles. The summed E-state index contributed by atoms with van der Waals surface area (Å²) in [6.07, 6.45) is 4.48. The molecule has 0 unspecified atom stereocenters. The van der Waals surface area contributed by atoms with Gasteiger partial charge in [0.2, 0.25) is 15.9 Å². The largest absolute Gasteiger partial charge is 0.342 e. The molecule has 1 aliphatic rings. The van der Waals surface area contributed by atoms with E-state index in [-0.39, 0.29) is 17.3 Å². The molecule has 0 saturated carbocycles. The van der Waals surface area contributed by atoms with Gasteiger partial charge in [-0.05, 0) is 37.1 Å². The standard InChI is InChI=1S/C20H22N4O3S2/c1-23(29(26,27)16-5-4-10-21-13-16)14-19(25)24-11-8-15(9-12-24)20-22-17-6-2-3-7-18(17)28-20/h2-7,10,13,15H,8-9,11-12,14H2,1H3. The maximum Gasteiger partial charge on any atom is 0.244 e. The number of para-hydroxylation sites is 1. The third-order valence-corrected chi connectivity index (χ3v) is 8.19. The van der Waals surface area contributed by atoms with Gasteiger partial charge in [-0.1, -0.05) is 12.1 Å². The summed E-state index contributed by atoms with van der Waals surface area (Å²) in [6.45, 7) is 1.05. The van der Waals surface area contributed by atoms with E-state index in [9.17, 15) is 13.2 Å². The van der Waals surface area contributed by atoms with E-state index in [4.69, 9.17) is 4.98 Å². The number of carbonyl (C=O) groups excluding carboxylic acids is 1. The van der Waals surface area contributed by atoms with E-state index in [1.807, 2.05) is 18.2 Å². The summed E-state index contributed by atoms with van der Waals surface area (Å²) in [4.78, 5) is 23.1. The number of fused-ring (bicyclic) bond motifs is 1. The van der Waals surface area contributed by atoms with Crippen LogP contribution in [0.3, 0.4) is 0 Å². The average Bonchev–Trinajstić information content (AvgIpc) is 3.18. The van der Waals surface area contributed by atoms with Crippen LogP contribution in [0.5, 0.6) is 0 Å². The Morgan fingerprint density at radius 3 is 2.66 bits per heavy atom. The highest BCUT2D eigenvalue weighted by Gasteiger charge is 2.29. The van der Waals surface area contributed by atoms with Gasteiger partial charge in [0, 0.05) is 38.4 Å². The van der Waals surface area contributed by atoms with Crippen LogP contribution >= 0.6 is 11.3 Å². The number of rotatable bonds is 5. The molecular formula is C20H22N4O3S2. The first-order chi connectivity index (χ1) is 13.9. The normalized spacial score (nSPS) is 15.9. The van der Waals surface area contributed by atoms with Crippen molar-refractivity contribution >= 4 is 37.5 Å². The van der Waals surface area contributed by atoms with Crippen LogP contribution in [0.25, 0.3) is 10.2 Å². The highest BCUT2D eigenvalue weighted by molar-refractivity contribution is 7.89. The number of thiazole rings is 1. The number of hydrogen-bond donors (Lipinski definition) is 0. The number of likely N-dealkylation sites (N-methyl/N-ethyl adjacent to an activating group) is 1. The molecule has 0 N–H and O–H groups in total. The second-order valence-electron chi connectivity index (χ2n) is 7.12. The zero-order valence-corrected chi connectivity index (χ0v) is 17.7. The number of aromatic nitrogens is 2. The molecule has 0 bridgehead atoms. The Labute approximate surface area is 174 Å². The van der Waals surface area contributed by atoms with Gasteiger partial charge < -0.3 is 4.90 Å². The molecule has 3 heterocycles. The van der Waals surface area contributed by atoms with Crippen molar-refractivity contribution < 1.29 is 13.2 Å². The molecule has 2 aromatic heterocycles. The van der Waals surface area contributed by atoms with E-state index in [0.717, 1.165) is 27.7 Å². The maximum absolute atomic E-state index is 12.7. The second kappa shape index (κ2) is 8.17. The Morgan fingerprint density at radius 1 is 1.21 bits per heavy atom. The summed E-state index contributed by atoms with van der Waals surface area (Å²) < 4.78 is 27.4. The third kappa shape index (κ3) is 4.17. The van der Waals surface area contributed by atoms with Gasteiger partial charge >= 0.3 is 0 Å². The number of likely N-dealkylation sites (tertiary alicyclic amines) is 1. The lowest BCUT2D eigenvalue weighted by molar-refractivity contribution is -0.132. The zero-order valence-electron chi connectivity index (χ0n) is 16.1. The lowest BCUT2D eigenvalue weighted by Crippen LogP contribution is -2.44. The summed E-state index contributed by atoms with van der Waals surface area (Å²) in [6, 6.07) is 11.1. The lowest BCUT2D eigenvalue weighted by Gasteiger charge is -2.32. The summed E-state index contributed by atoms with van der Waals surface area (Å²) in [5.41, 5.74) is 1.02. The van der Waals surface area contributed by atoms with Gasteiger partial charge in [0.1, 0.15) is 4.90 Å². The van der Waals surface area contributed by atoms with Crippen LogP contribution in [-0.2, 0) is 14.8 Å². The van der Waals surface area contributed by atoms with Gasteiger partial charge in [0.25, 0.3) is 0 Å². The van der Waals surface area contributed by atoms with E-state index >= 15 is 0 Å². The van der Waals surface area contributed by atoms with E-state index in [0.29, 0.717) is 19.0 Å². The van der Waals surface area contributed by atoms with Gasteiger partial charge in [0.05, 0.1) is 21.8 Å². The van der Waals surface area contributed by atoms with Crippen molar-refractivity contribution in [1.29, 1.82) is 0 Å². The van der Waals surface area contributed by atoms with Crippen molar-refractivity contribution in [1.82, 2.24) is 19.2 Å². The van der Waals surface area contributed by atoms with Crippen molar-refractivity contribution in [3.05, 3.63) is 53.8 Å². The number of pyridine rings is 1. The molecule has 152 valence electrons. The number of nitrogens with zero attached hydrogens (tertiary/aromatic N) is 4. The topological polar surface area (TPSA) is 83.5 Å². The predicted molar refractivity (Wildman–Crippen MR) is 112 cm³/mol. The molecule has 1 aromatic carbocycles. The Morgan fingerprint density at radius 2 is 1.97 bits per heavy atom. The minimum absolute atomic E-state index is 0.0878. The first-order valence-electron chi connectivity index (χ1n) is 9.45. The maximum atomic E-state index is 12.7. The number of amides is 1. The van der Waals surface area contributed by atoms with Gasteiger partial charge in [-0.25, -0.2) is 13.4 Å².